The van der Waals surface area contributed by atoms with Gasteiger partial charge in [-0.2, -0.15) is 0 Å². The average Bonchev–Trinajstić information content (AvgIpc) is 2.58. The molecule has 4 nitrogen and oxygen atoms in total. The molecule has 118 valence electrons. The highest BCUT2D eigenvalue weighted by atomic mass is 16.7. The molecule has 0 aromatic heterocycles. The fraction of sp³-hybridized carbons (Fsp3) is 0.333. The molecule has 22 heavy (non-hydrogen) atoms. The van der Waals surface area contributed by atoms with Crippen molar-refractivity contribution in [3.8, 4) is 11.5 Å². The Morgan fingerprint density at radius 1 is 0.909 bits per heavy atom. The van der Waals surface area contributed by atoms with E-state index in [0.29, 0.717) is 17.1 Å². The second kappa shape index (κ2) is 8.41. The minimum atomic E-state index is -0.138. The van der Waals surface area contributed by atoms with Gasteiger partial charge in [-0.3, -0.25) is 0 Å². The van der Waals surface area contributed by atoms with Crippen molar-refractivity contribution in [2.45, 2.75) is 19.4 Å². The van der Waals surface area contributed by atoms with Gasteiger partial charge in [0, 0.05) is 7.11 Å². The maximum absolute atomic E-state index is 9.53. The molecule has 0 spiro atoms. The number of ether oxygens (including phenoxy) is 3. The lowest BCUT2D eigenvalue weighted by Gasteiger charge is -2.15. The van der Waals surface area contributed by atoms with Gasteiger partial charge in [-0.25, -0.2) is 0 Å². The fourth-order valence-electron chi connectivity index (χ4n) is 2.34. The van der Waals surface area contributed by atoms with E-state index < -0.39 is 0 Å². The molecule has 2 aromatic carbocycles. The molecule has 0 radical (unpaired) electrons. The second-order valence-electron chi connectivity index (χ2n) is 4.97. The molecule has 0 amide bonds. The molecule has 1 N–H and O–H groups in total. The Kier molecular flexibility index (Phi) is 6.25. The summed E-state index contributed by atoms with van der Waals surface area (Å²) in [5.74, 6) is 1.24. The number of rotatable bonds is 8. The Balaban J connectivity index is 2.19. The molecule has 4 heteroatoms. The first kappa shape index (κ1) is 16.3. The van der Waals surface area contributed by atoms with E-state index in [9.17, 15) is 5.11 Å². The normalized spacial score (nSPS) is 10.5. The van der Waals surface area contributed by atoms with Crippen LogP contribution in [0.15, 0.2) is 42.5 Å². The summed E-state index contributed by atoms with van der Waals surface area (Å²) in [7, 11) is 3.16. The van der Waals surface area contributed by atoms with Crippen molar-refractivity contribution in [2.75, 3.05) is 21.0 Å². The van der Waals surface area contributed by atoms with E-state index in [4.69, 9.17) is 14.2 Å². The third-order valence-corrected chi connectivity index (χ3v) is 3.48. The molecule has 0 bridgehead atoms. The van der Waals surface area contributed by atoms with E-state index in [-0.39, 0.29) is 13.4 Å². The molecular formula is C18H22O4. The summed E-state index contributed by atoms with van der Waals surface area (Å²) >= 11 is 0. The zero-order valence-electron chi connectivity index (χ0n) is 13.0. The maximum atomic E-state index is 9.53. The fourth-order valence-corrected chi connectivity index (χ4v) is 2.34. The Hall–Kier alpha value is -2.04. The summed E-state index contributed by atoms with van der Waals surface area (Å²) in [5, 5.41) is 9.53. The average molecular weight is 302 g/mol. The van der Waals surface area contributed by atoms with Crippen LogP contribution in [-0.4, -0.2) is 26.1 Å². The molecule has 0 atom stereocenters. The summed E-state index contributed by atoms with van der Waals surface area (Å²) in [5.41, 5.74) is 3.03. The third-order valence-electron chi connectivity index (χ3n) is 3.48. The lowest BCUT2D eigenvalue weighted by molar-refractivity contribution is 0.0492. The summed E-state index contributed by atoms with van der Waals surface area (Å²) < 4.78 is 15.9. The minimum absolute atomic E-state index is 0.137. The maximum Gasteiger partial charge on any atom is 0.188 e. The van der Waals surface area contributed by atoms with Crippen molar-refractivity contribution < 1.29 is 19.3 Å². The van der Waals surface area contributed by atoms with E-state index >= 15 is 0 Å². The van der Waals surface area contributed by atoms with Gasteiger partial charge in [-0.05, 0) is 36.1 Å². The van der Waals surface area contributed by atoms with Gasteiger partial charge in [0.2, 0.25) is 0 Å². The third kappa shape index (κ3) is 4.23. The molecule has 0 saturated heterocycles. The molecule has 2 aromatic rings. The number of aliphatic hydroxyl groups excluding tert-OH is 1. The van der Waals surface area contributed by atoms with Gasteiger partial charge in [-0.1, -0.05) is 30.3 Å². The number of methoxy groups -OCH3 is 2. The highest BCUT2D eigenvalue weighted by Gasteiger charge is 2.12. The van der Waals surface area contributed by atoms with E-state index in [2.05, 4.69) is 12.1 Å². The second-order valence-corrected chi connectivity index (χ2v) is 4.97. The van der Waals surface area contributed by atoms with Crippen LogP contribution in [0.3, 0.4) is 0 Å². The van der Waals surface area contributed by atoms with Crippen LogP contribution in [-0.2, 0) is 24.2 Å². The Labute approximate surface area is 131 Å². The van der Waals surface area contributed by atoms with Gasteiger partial charge in [0.15, 0.2) is 6.79 Å². The van der Waals surface area contributed by atoms with Crippen LogP contribution >= 0.6 is 0 Å². The van der Waals surface area contributed by atoms with Gasteiger partial charge < -0.3 is 19.3 Å². The van der Waals surface area contributed by atoms with Gasteiger partial charge >= 0.3 is 0 Å². The van der Waals surface area contributed by atoms with Crippen LogP contribution in [0, 0.1) is 0 Å². The number of benzene rings is 2. The van der Waals surface area contributed by atoms with Gasteiger partial charge in [0.1, 0.15) is 11.5 Å². The van der Waals surface area contributed by atoms with E-state index in [0.717, 1.165) is 18.4 Å². The quantitative estimate of drug-likeness (QED) is 0.762. The van der Waals surface area contributed by atoms with Crippen molar-refractivity contribution in [1.82, 2.24) is 0 Å². The summed E-state index contributed by atoms with van der Waals surface area (Å²) in [6, 6.07) is 14.2. The first-order valence-corrected chi connectivity index (χ1v) is 7.24. The van der Waals surface area contributed by atoms with Crippen molar-refractivity contribution in [2.24, 2.45) is 0 Å². The van der Waals surface area contributed by atoms with E-state index in [1.807, 2.05) is 30.3 Å². The van der Waals surface area contributed by atoms with E-state index in [1.165, 1.54) is 5.56 Å². The summed E-state index contributed by atoms with van der Waals surface area (Å²) in [6.07, 6.45) is 1.81. The number of hydrogen-bond acceptors (Lipinski definition) is 4. The zero-order chi connectivity index (χ0) is 15.8. The molecule has 2 rings (SSSR count). The van der Waals surface area contributed by atoms with Crippen molar-refractivity contribution in [1.29, 1.82) is 0 Å². The van der Waals surface area contributed by atoms with Crippen molar-refractivity contribution in [3.63, 3.8) is 0 Å². The number of hydrogen-bond donors (Lipinski definition) is 1. The van der Waals surface area contributed by atoms with Crippen LogP contribution < -0.4 is 9.47 Å². The summed E-state index contributed by atoms with van der Waals surface area (Å²) in [6.45, 7) is -0.000517. The van der Waals surface area contributed by atoms with Crippen LogP contribution in [0.1, 0.15) is 16.7 Å². The first-order chi connectivity index (χ1) is 10.8. The van der Waals surface area contributed by atoms with Gasteiger partial charge in [0.25, 0.3) is 0 Å². The molecule has 0 aliphatic heterocycles. The monoisotopic (exact) mass is 302 g/mol. The lowest BCUT2D eigenvalue weighted by Crippen LogP contribution is -2.05. The van der Waals surface area contributed by atoms with Crippen LogP contribution in [0.2, 0.25) is 0 Å². The molecule has 0 fully saturated rings. The Bertz CT molecular complexity index is 581. The summed E-state index contributed by atoms with van der Waals surface area (Å²) in [4.78, 5) is 0. The molecule has 0 aliphatic rings. The number of aliphatic hydroxyl groups is 1. The molecular weight excluding hydrogens is 280 g/mol. The van der Waals surface area contributed by atoms with E-state index in [1.54, 1.807) is 14.2 Å². The molecule has 0 aliphatic carbocycles. The number of aryl methyl sites for hydroxylation is 2. The van der Waals surface area contributed by atoms with Crippen LogP contribution in [0.25, 0.3) is 0 Å². The van der Waals surface area contributed by atoms with Crippen molar-refractivity contribution in [3.05, 3.63) is 59.2 Å². The Morgan fingerprint density at radius 3 is 2.23 bits per heavy atom. The predicted molar refractivity (Wildman–Crippen MR) is 85.3 cm³/mol. The van der Waals surface area contributed by atoms with Gasteiger partial charge in [-0.15, -0.1) is 0 Å². The standard InChI is InChI=1S/C18H22O4/c1-20-13-22-18-11-15(10-17(21-2)16(18)12-19)9-8-14-6-4-3-5-7-14/h3-7,10-11,19H,8-9,12-13H2,1-2H3. The predicted octanol–water partition coefficient (Wildman–Crippen LogP) is 2.96. The smallest absolute Gasteiger partial charge is 0.188 e. The Morgan fingerprint density at radius 2 is 1.59 bits per heavy atom. The highest BCUT2D eigenvalue weighted by Crippen LogP contribution is 2.31. The minimum Gasteiger partial charge on any atom is -0.496 e. The van der Waals surface area contributed by atoms with Crippen LogP contribution in [0.4, 0.5) is 0 Å². The first-order valence-electron chi connectivity index (χ1n) is 7.24. The SMILES string of the molecule is COCOc1cc(CCc2ccccc2)cc(OC)c1CO. The molecule has 0 unspecified atom stereocenters. The largest absolute Gasteiger partial charge is 0.496 e. The zero-order valence-corrected chi connectivity index (χ0v) is 13.0. The lowest BCUT2D eigenvalue weighted by atomic mass is 10.0. The van der Waals surface area contributed by atoms with Crippen molar-refractivity contribution >= 4 is 0 Å². The van der Waals surface area contributed by atoms with Crippen LogP contribution in [0.5, 0.6) is 11.5 Å². The topological polar surface area (TPSA) is 47.9 Å². The van der Waals surface area contributed by atoms with Gasteiger partial charge in [0.05, 0.1) is 19.3 Å². The highest BCUT2D eigenvalue weighted by molar-refractivity contribution is 5.48. The molecule has 0 saturated carbocycles. The molecule has 0 heterocycles.